The fourth-order valence-corrected chi connectivity index (χ4v) is 2.77. The summed E-state index contributed by atoms with van der Waals surface area (Å²) in [4.78, 5) is 5.36. The highest BCUT2D eigenvalue weighted by Gasteiger charge is 2.12. The Morgan fingerprint density at radius 1 is 1.29 bits per heavy atom. The standard InChI is InChI=1S/C11H16N2S/c1-5-12-6-2-10(1)9-14-11-3-7-13-8-4-11/h3-4,7-8,10,12H,1-2,5-6,9H2. The Morgan fingerprint density at radius 2 is 2.00 bits per heavy atom. The molecule has 3 heteroatoms. The molecule has 0 bridgehead atoms. The zero-order valence-corrected chi connectivity index (χ0v) is 9.09. The van der Waals surface area contributed by atoms with Gasteiger partial charge in [-0.25, -0.2) is 0 Å². The zero-order chi connectivity index (χ0) is 9.64. The number of nitrogens with zero attached hydrogens (tertiary/aromatic N) is 1. The third kappa shape index (κ3) is 3.00. The summed E-state index contributed by atoms with van der Waals surface area (Å²) >= 11 is 1.96. The molecule has 76 valence electrons. The lowest BCUT2D eigenvalue weighted by atomic mass is 10.0. The number of hydrogen-bond donors (Lipinski definition) is 1. The van der Waals surface area contributed by atoms with Gasteiger partial charge in [-0.2, -0.15) is 0 Å². The molecule has 2 nitrogen and oxygen atoms in total. The molecule has 1 aromatic rings. The average Bonchev–Trinajstić information content (AvgIpc) is 2.29. The molecular weight excluding hydrogens is 192 g/mol. The van der Waals surface area contributed by atoms with E-state index in [2.05, 4.69) is 22.4 Å². The number of aromatic nitrogens is 1. The molecule has 0 atom stereocenters. The van der Waals surface area contributed by atoms with Crippen LogP contribution in [0.2, 0.25) is 0 Å². The highest BCUT2D eigenvalue weighted by atomic mass is 32.2. The van der Waals surface area contributed by atoms with Gasteiger partial charge in [0.25, 0.3) is 0 Å². The van der Waals surface area contributed by atoms with E-state index in [1.54, 1.807) is 0 Å². The first-order valence-corrected chi connectivity index (χ1v) is 6.17. The predicted molar refractivity (Wildman–Crippen MR) is 60.6 cm³/mol. The predicted octanol–water partition coefficient (Wildman–Crippen LogP) is 2.17. The molecule has 0 radical (unpaired) electrons. The second kappa shape index (κ2) is 5.37. The molecule has 0 unspecified atom stereocenters. The number of piperidine rings is 1. The summed E-state index contributed by atoms with van der Waals surface area (Å²) in [5.74, 6) is 2.15. The van der Waals surface area contributed by atoms with Crippen LogP contribution < -0.4 is 5.32 Å². The summed E-state index contributed by atoms with van der Waals surface area (Å²) in [7, 11) is 0. The lowest BCUT2D eigenvalue weighted by molar-refractivity contribution is 0.408. The SMILES string of the molecule is c1cc(SCC2CCNCC2)ccn1. The van der Waals surface area contributed by atoms with Gasteiger partial charge in [-0.1, -0.05) is 0 Å². The number of thioether (sulfide) groups is 1. The van der Waals surface area contributed by atoms with Crippen molar-refractivity contribution in [3.63, 3.8) is 0 Å². The van der Waals surface area contributed by atoms with Crippen LogP contribution in [0.5, 0.6) is 0 Å². The maximum atomic E-state index is 4.02. The molecule has 1 aromatic heterocycles. The van der Waals surface area contributed by atoms with Gasteiger partial charge in [0.2, 0.25) is 0 Å². The topological polar surface area (TPSA) is 24.9 Å². The second-order valence-electron chi connectivity index (χ2n) is 3.69. The van der Waals surface area contributed by atoms with Gasteiger partial charge < -0.3 is 5.32 Å². The molecule has 2 heterocycles. The van der Waals surface area contributed by atoms with Gasteiger partial charge in [-0.3, -0.25) is 4.98 Å². The maximum absolute atomic E-state index is 4.02. The van der Waals surface area contributed by atoms with E-state index in [1.165, 1.54) is 36.6 Å². The van der Waals surface area contributed by atoms with E-state index >= 15 is 0 Å². The van der Waals surface area contributed by atoms with E-state index in [-0.39, 0.29) is 0 Å². The molecule has 0 spiro atoms. The van der Waals surface area contributed by atoms with Crippen molar-refractivity contribution in [2.75, 3.05) is 18.8 Å². The maximum Gasteiger partial charge on any atom is 0.0278 e. The van der Waals surface area contributed by atoms with E-state index in [0.717, 1.165) is 5.92 Å². The molecule has 1 aliphatic heterocycles. The normalized spacial score (nSPS) is 18.3. The molecule has 1 N–H and O–H groups in total. The van der Waals surface area contributed by atoms with E-state index in [0.29, 0.717) is 0 Å². The highest BCUT2D eigenvalue weighted by Crippen LogP contribution is 2.23. The van der Waals surface area contributed by atoms with Gasteiger partial charge in [0.1, 0.15) is 0 Å². The molecule has 1 saturated heterocycles. The quantitative estimate of drug-likeness (QED) is 0.771. The summed E-state index contributed by atoms with van der Waals surface area (Å²) < 4.78 is 0. The largest absolute Gasteiger partial charge is 0.317 e. The minimum Gasteiger partial charge on any atom is -0.317 e. The summed E-state index contributed by atoms with van der Waals surface area (Å²) in [6.07, 6.45) is 6.39. The molecule has 0 aliphatic carbocycles. The molecular formula is C11H16N2S. The van der Waals surface area contributed by atoms with E-state index in [4.69, 9.17) is 0 Å². The van der Waals surface area contributed by atoms with Crippen LogP contribution in [-0.2, 0) is 0 Å². The van der Waals surface area contributed by atoms with E-state index in [1.807, 2.05) is 24.2 Å². The number of rotatable bonds is 3. The molecule has 0 saturated carbocycles. The highest BCUT2D eigenvalue weighted by molar-refractivity contribution is 7.99. The first-order valence-electron chi connectivity index (χ1n) is 5.19. The third-order valence-electron chi connectivity index (χ3n) is 2.59. The van der Waals surface area contributed by atoms with E-state index < -0.39 is 0 Å². The number of nitrogens with one attached hydrogen (secondary N) is 1. The second-order valence-corrected chi connectivity index (χ2v) is 4.78. The van der Waals surface area contributed by atoms with Crippen molar-refractivity contribution in [2.24, 2.45) is 5.92 Å². The van der Waals surface area contributed by atoms with Crippen LogP contribution in [0.1, 0.15) is 12.8 Å². The Balaban J connectivity index is 1.76. The van der Waals surface area contributed by atoms with Gasteiger partial charge in [-0.15, -0.1) is 11.8 Å². The van der Waals surface area contributed by atoms with Gasteiger partial charge in [0, 0.05) is 23.0 Å². The van der Waals surface area contributed by atoms with Crippen LogP contribution in [0.15, 0.2) is 29.4 Å². The molecule has 2 rings (SSSR count). The van der Waals surface area contributed by atoms with E-state index in [9.17, 15) is 0 Å². The summed E-state index contributed by atoms with van der Waals surface area (Å²) in [5.41, 5.74) is 0. The van der Waals surface area contributed by atoms with Crippen LogP contribution >= 0.6 is 11.8 Å². The van der Waals surface area contributed by atoms with Crippen molar-refractivity contribution >= 4 is 11.8 Å². The summed E-state index contributed by atoms with van der Waals surface area (Å²) in [5, 5.41) is 3.39. The molecule has 0 amide bonds. The fraction of sp³-hybridized carbons (Fsp3) is 0.545. The fourth-order valence-electron chi connectivity index (χ4n) is 1.70. The summed E-state index contributed by atoms with van der Waals surface area (Å²) in [6, 6.07) is 4.18. The lowest BCUT2D eigenvalue weighted by Crippen LogP contribution is -2.28. The first-order chi connectivity index (χ1) is 6.95. The first kappa shape index (κ1) is 9.99. The third-order valence-corrected chi connectivity index (χ3v) is 3.84. The average molecular weight is 208 g/mol. The smallest absolute Gasteiger partial charge is 0.0278 e. The van der Waals surface area contributed by atoms with Crippen LogP contribution in [0.4, 0.5) is 0 Å². The van der Waals surface area contributed by atoms with Crippen molar-refractivity contribution in [1.29, 1.82) is 0 Å². The minimum atomic E-state index is 0.898. The summed E-state index contributed by atoms with van der Waals surface area (Å²) in [6.45, 7) is 2.39. The van der Waals surface area contributed by atoms with Gasteiger partial charge in [0.05, 0.1) is 0 Å². The minimum absolute atomic E-state index is 0.898. The molecule has 0 aromatic carbocycles. The Bertz CT molecular complexity index is 257. The molecule has 1 aliphatic rings. The number of hydrogen-bond acceptors (Lipinski definition) is 3. The Kier molecular flexibility index (Phi) is 3.83. The van der Waals surface area contributed by atoms with Gasteiger partial charge in [-0.05, 0) is 44.0 Å². The number of pyridine rings is 1. The molecule has 14 heavy (non-hydrogen) atoms. The van der Waals surface area contributed by atoms with Crippen LogP contribution in [0.25, 0.3) is 0 Å². The lowest BCUT2D eigenvalue weighted by Gasteiger charge is -2.21. The van der Waals surface area contributed by atoms with Crippen LogP contribution in [0, 0.1) is 5.92 Å². The molecule has 1 fully saturated rings. The van der Waals surface area contributed by atoms with Gasteiger partial charge in [0.15, 0.2) is 0 Å². The van der Waals surface area contributed by atoms with Crippen molar-refractivity contribution in [1.82, 2.24) is 10.3 Å². The van der Waals surface area contributed by atoms with Crippen LogP contribution in [-0.4, -0.2) is 23.8 Å². The van der Waals surface area contributed by atoms with Gasteiger partial charge >= 0.3 is 0 Å². The van der Waals surface area contributed by atoms with Crippen LogP contribution in [0.3, 0.4) is 0 Å². The Labute approximate surface area is 89.5 Å². The zero-order valence-electron chi connectivity index (χ0n) is 8.28. The van der Waals surface area contributed by atoms with Crippen molar-refractivity contribution in [3.8, 4) is 0 Å². The monoisotopic (exact) mass is 208 g/mol. The van der Waals surface area contributed by atoms with Crippen molar-refractivity contribution in [2.45, 2.75) is 17.7 Å². The Hall–Kier alpha value is -0.540. The Morgan fingerprint density at radius 3 is 2.71 bits per heavy atom. The van der Waals surface area contributed by atoms with Crippen molar-refractivity contribution in [3.05, 3.63) is 24.5 Å². The van der Waals surface area contributed by atoms with Crippen molar-refractivity contribution < 1.29 is 0 Å².